The van der Waals surface area contributed by atoms with Gasteiger partial charge >= 0.3 is 0 Å². The lowest BCUT2D eigenvalue weighted by atomic mass is 9.92. The second-order valence-electron chi connectivity index (χ2n) is 3.74. The number of rotatable bonds is 2. The Balaban J connectivity index is 1.84. The Bertz CT molecular complexity index is 207. The quantitative estimate of drug-likeness (QED) is 0.452. The van der Waals surface area contributed by atoms with Crippen molar-refractivity contribution in [3.63, 3.8) is 0 Å². The van der Waals surface area contributed by atoms with Crippen LogP contribution in [0, 0.1) is 0 Å². The molecule has 2 aliphatic rings. The number of likely N-dealkylation sites (tertiary alicyclic amines) is 1. The van der Waals surface area contributed by atoms with E-state index in [4.69, 9.17) is 0 Å². The van der Waals surface area contributed by atoms with Gasteiger partial charge in [0, 0.05) is 19.1 Å². The van der Waals surface area contributed by atoms with Gasteiger partial charge < -0.3 is 0 Å². The SMILES string of the molecule is O=C=NC1CCN(C2CCC2)C1. The van der Waals surface area contributed by atoms with Crippen molar-refractivity contribution >= 4 is 6.08 Å². The van der Waals surface area contributed by atoms with Crippen LogP contribution < -0.4 is 0 Å². The highest BCUT2D eigenvalue weighted by molar-refractivity contribution is 5.33. The van der Waals surface area contributed by atoms with E-state index in [1.807, 2.05) is 0 Å². The molecule has 0 N–H and O–H groups in total. The van der Waals surface area contributed by atoms with Gasteiger partial charge in [0.15, 0.2) is 0 Å². The summed E-state index contributed by atoms with van der Waals surface area (Å²) in [6.07, 6.45) is 6.77. The number of aliphatic imine (C=N–C) groups is 1. The van der Waals surface area contributed by atoms with Crippen molar-refractivity contribution in [3.8, 4) is 0 Å². The molecule has 0 aromatic rings. The Hall–Kier alpha value is -0.660. The van der Waals surface area contributed by atoms with Gasteiger partial charge in [-0.1, -0.05) is 6.42 Å². The van der Waals surface area contributed by atoms with Crippen LogP contribution in [-0.2, 0) is 4.79 Å². The van der Waals surface area contributed by atoms with Crippen molar-refractivity contribution in [2.24, 2.45) is 4.99 Å². The lowest BCUT2D eigenvalue weighted by Gasteiger charge is -2.34. The average molecular weight is 166 g/mol. The van der Waals surface area contributed by atoms with Gasteiger partial charge in [-0.15, -0.1) is 0 Å². The zero-order valence-corrected chi connectivity index (χ0v) is 7.20. The first-order valence-corrected chi connectivity index (χ1v) is 4.71. The van der Waals surface area contributed by atoms with Crippen LogP contribution in [-0.4, -0.2) is 36.2 Å². The second-order valence-corrected chi connectivity index (χ2v) is 3.74. The monoisotopic (exact) mass is 166 g/mol. The van der Waals surface area contributed by atoms with E-state index >= 15 is 0 Å². The Morgan fingerprint density at radius 2 is 2.17 bits per heavy atom. The highest BCUT2D eigenvalue weighted by atomic mass is 16.1. The van der Waals surface area contributed by atoms with E-state index in [9.17, 15) is 4.79 Å². The molecule has 1 unspecified atom stereocenters. The van der Waals surface area contributed by atoms with Gasteiger partial charge in [0.05, 0.1) is 6.04 Å². The van der Waals surface area contributed by atoms with Crippen LogP contribution in [0.5, 0.6) is 0 Å². The maximum absolute atomic E-state index is 10.0. The van der Waals surface area contributed by atoms with Crippen LogP contribution in [0.1, 0.15) is 25.7 Å². The Morgan fingerprint density at radius 3 is 2.75 bits per heavy atom. The Labute approximate surface area is 72.5 Å². The van der Waals surface area contributed by atoms with E-state index in [1.54, 1.807) is 6.08 Å². The number of carbonyl (C=O) groups excluding carboxylic acids is 1. The minimum Gasteiger partial charge on any atom is -0.298 e. The molecule has 0 spiro atoms. The third kappa shape index (κ3) is 1.43. The molecule has 12 heavy (non-hydrogen) atoms. The molecular weight excluding hydrogens is 152 g/mol. The van der Waals surface area contributed by atoms with Gasteiger partial charge in [-0.25, -0.2) is 9.79 Å². The molecule has 0 amide bonds. The highest BCUT2D eigenvalue weighted by Gasteiger charge is 2.31. The van der Waals surface area contributed by atoms with E-state index in [0.717, 1.165) is 25.6 Å². The van der Waals surface area contributed by atoms with Crippen LogP contribution in [0.25, 0.3) is 0 Å². The van der Waals surface area contributed by atoms with Crippen molar-refractivity contribution in [3.05, 3.63) is 0 Å². The molecule has 0 aromatic heterocycles. The highest BCUT2D eigenvalue weighted by Crippen LogP contribution is 2.28. The van der Waals surface area contributed by atoms with Crippen molar-refractivity contribution in [2.45, 2.75) is 37.8 Å². The number of isocyanates is 1. The molecule has 1 saturated carbocycles. The maximum atomic E-state index is 10.0. The summed E-state index contributed by atoms with van der Waals surface area (Å²) in [5, 5.41) is 0. The number of hydrogen-bond acceptors (Lipinski definition) is 3. The average Bonchev–Trinajstić information content (AvgIpc) is 2.34. The Kier molecular flexibility index (Phi) is 2.24. The van der Waals surface area contributed by atoms with Crippen LogP contribution in [0.3, 0.4) is 0 Å². The van der Waals surface area contributed by atoms with Crippen LogP contribution in [0.4, 0.5) is 0 Å². The van der Waals surface area contributed by atoms with E-state index < -0.39 is 0 Å². The first-order valence-electron chi connectivity index (χ1n) is 4.71. The topological polar surface area (TPSA) is 32.7 Å². The molecule has 1 aliphatic heterocycles. The van der Waals surface area contributed by atoms with Gasteiger partial charge in [0.2, 0.25) is 6.08 Å². The molecule has 0 aromatic carbocycles. The van der Waals surface area contributed by atoms with Gasteiger partial charge in [0.1, 0.15) is 0 Å². The largest absolute Gasteiger partial charge is 0.298 e. The lowest BCUT2D eigenvalue weighted by molar-refractivity contribution is 0.157. The van der Waals surface area contributed by atoms with E-state index in [0.29, 0.717) is 0 Å². The third-order valence-corrected chi connectivity index (χ3v) is 3.02. The molecule has 3 nitrogen and oxygen atoms in total. The lowest BCUT2D eigenvalue weighted by Crippen LogP contribution is -2.38. The number of hydrogen-bond donors (Lipinski definition) is 0. The van der Waals surface area contributed by atoms with Crippen molar-refractivity contribution in [2.75, 3.05) is 13.1 Å². The third-order valence-electron chi connectivity index (χ3n) is 3.02. The fraction of sp³-hybridized carbons (Fsp3) is 0.889. The summed E-state index contributed by atoms with van der Waals surface area (Å²) in [5.41, 5.74) is 0. The van der Waals surface area contributed by atoms with Crippen molar-refractivity contribution < 1.29 is 4.79 Å². The summed E-state index contributed by atoms with van der Waals surface area (Å²) in [5.74, 6) is 0. The van der Waals surface area contributed by atoms with Gasteiger partial charge in [-0.3, -0.25) is 4.90 Å². The van der Waals surface area contributed by atoms with Crippen LogP contribution in [0.2, 0.25) is 0 Å². The fourth-order valence-corrected chi connectivity index (χ4v) is 2.03. The molecule has 66 valence electrons. The van der Waals surface area contributed by atoms with E-state index in [1.165, 1.54) is 19.3 Å². The zero-order valence-electron chi connectivity index (χ0n) is 7.20. The zero-order chi connectivity index (χ0) is 8.39. The molecule has 3 heteroatoms. The predicted molar refractivity (Wildman–Crippen MR) is 45.7 cm³/mol. The minimum atomic E-state index is 0.239. The summed E-state index contributed by atoms with van der Waals surface area (Å²) in [4.78, 5) is 16.2. The first-order chi connectivity index (χ1) is 5.90. The fourth-order valence-electron chi connectivity index (χ4n) is 2.03. The van der Waals surface area contributed by atoms with E-state index in [-0.39, 0.29) is 6.04 Å². The molecule has 0 bridgehead atoms. The number of nitrogens with zero attached hydrogens (tertiary/aromatic N) is 2. The van der Waals surface area contributed by atoms with E-state index in [2.05, 4.69) is 9.89 Å². The van der Waals surface area contributed by atoms with Crippen LogP contribution >= 0.6 is 0 Å². The Morgan fingerprint density at radius 1 is 1.33 bits per heavy atom. The summed E-state index contributed by atoms with van der Waals surface area (Å²) < 4.78 is 0. The maximum Gasteiger partial charge on any atom is 0.235 e. The molecule has 1 heterocycles. The van der Waals surface area contributed by atoms with Crippen molar-refractivity contribution in [1.82, 2.24) is 4.90 Å². The first kappa shape index (κ1) is 7.96. The summed E-state index contributed by atoms with van der Waals surface area (Å²) in [7, 11) is 0. The molecular formula is C9H14N2O. The van der Waals surface area contributed by atoms with Gasteiger partial charge in [-0.2, -0.15) is 0 Å². The smallest absolute Gasteiger partial charge is 0.235 e. The normalized spacial score (nSPS) is 31.2. The molecule has 1 atom stereocenters. The van der Waals surface area contributed by atoms with Gasteiger partial charge in [-0.05, 0) is 19.3 Å². The predicted octanol–water partition coefficient (Wildman–Crippen LogP) is 0.949. The second kappa shape index (κ2) is 3.38. The van der Waals surface area contributed by atoms with Crippen LogP contribution in [0.15, 0.2) is 4.99 Å². The molecule has 1 aliphatic carbocycles. The minimum absolute atomic E-state index is 0.239. The van der Waals surface area contributed by atoms with Gasteiger partial charge in [0.25, 0.3) is 0 Å². The summed E-state index contributed by atoms with van der Waals surface area (Å²) in [6, 6.07) is 1.04. The summed E-state index contributed by atoms with van der Waals surface area (Å²) >= 11 is 0. The molecule has 1 saturated heterocycles. The van der Waals surface area contributed by atoms with Crippen molar-refractivity contribution in [1.29, 1.82) is 0 Å². The summed E-state index contributed by atoms with van der Waals surface area (Å²) in [6.45, 7) is 2.11. The standard InChI is InChI=1S/C9H14N2O/c12-7-10-8-4-5-11(6-8)9-2-1-3-9/h8-9H,1-6H2. The molecule has 2 fully saturated rings. The molecule has 0 radical (unpaired) electrons. The molecule has 2 rings (SSSR count).